The highest BCUT2D eigenvalue weighted by molar-refractivity contribution is 5.94. The van der Waals surface area contributed by atoms with Gasteiger partial charge in [-0.1, -0.05) is 6.07 Å². The van der Waals surface area contributed by atoms with Crippen molar-refractivity contribution in [2.45, 2.75) is 57.9 Å². The number of likely N-dealkylation sites (tertiary alicyclic amines) is 1. The van der Waals surface area contributed by atoms with E-state index in [0.29, 0.717) is 44.6 Å². The lowest BCUT2D eigenvalue weighted by atomic mass is 9.88. The number of imidazole rings is 1. The summed E-state index contributed by atoms with van der Waals surface area (Å²) < 4.78 is 0. The number of nitrogens with one attached hydrogen (secondary N) is 3. The van der Waals surface area contributed by atoms with Crippen molar-refractivity contribution in [1.29, 1.82) is 0 Å². The van der Waals surface area contributed by atoms with E-state index in [-0.39, 0.29) is 11.8 Å². The summed E-state index contributed by atoms with van der Waals surface area (Å²) in [7, 11) is 0. The number of aromatic nitrogens is 2. The van der Waals surface area contributed by atoms with Gasteiger partial charge in [-0.15, -0.1) is 0 Å². The molecule has 1 saturated heterocycles. The van der Waals surface area contributed by atoms with Gasteiger partial charge in [0.1, 0.15) is 17.3 Å². The fourth-order valence-electron chi connectivity index (χ4n) is 4.00. The van der Waals surface area contributed by atoms with Crippen molar-refractivity contribution in [2.75, 3.05) is 13.1 Å². The summed E-state index contributed by atoms with van der Waals surface area (Å²) in [6.07, 6.45) is 2.22. The summed E-state index contributed by atoms with van der Waals surface area (Å²) in [6, 6.07) is 5.11. The third-order valence-corrected chi connectivity index (χ3v) is 5.81. The first-order valence-corrected chi connectivity index (χ1v) is 10.2. The van der Waals surface area contributed by atoms with E-state index in [0.717, 1.165) is 16.6 Å². The largest absolute Gasteiger partial charge is 0.356 e. The maximum Gasteiger partial charge on any atom is 0.266 e. The van der Waals surface area contributed by atoms with Gasteiger partial charge in [0.2, 0.25) is 11.8 Å². The summed E-state index contributed by atoms with van der Waals surface area (Å²) >= 11 is 0. The molecule has 2 atom stereocenters. The number of amides is 3. The van der Waals surface area contributed by atoms with Crippen LogP contribution in [0.25, 0.3) is 11.0 Å². The first-order valence-electron chi connectivity index (χ1n) is 10.2. The fraction of sp³-hybridized carbons (Fsp3) is 0.524. The number of H-pyrrole nitrogens is 1. The molecule has 0 radical (unpaired) electrons. The number of unbranched alkanes of at least 4 members (excludes halogenated alkanes) is 1. The van der Waals surface area contributed by atoms with Gasteiger partial charge in [-0.2, -0.15) is 0 Å². The van der Waals surface area contributed by atoms with E-state index >= 15 is 0 Å². The Kier molecular flexibility index (Phi) is 6.40. The fourth-order valence-corrected chi connectivity index (χ4v) is 4.00. The van der Waals surface area contributed by atoms with Crippen LogP contribution in [-0.4, -0.2) is 56.9 Å². The van der Waals surface area contributed by atoms with Gasteiger partial charge in [0, 0.05) is 20.0 Å². The van der Waals surface area contributed by atoms with Crippen LogP contribution < -0.4 is 10.8 Å². The number of rotatable bonds is 8. The predicted octanol–water partition coefficient (Wildman–Crippen LogP) is 1.54. The minimum absolute atomic E-state index is 0.105. The maximum atomic E-state index is 13.4. The summed E-state index contributed by atoms with van der Waals surface area (Å²) in [5.74, 6) is -0.309. The minimum Gasteiger partial charge on any atom is -0.356 e. The number of hydrogen-bond acceptors (Lipinski definition) is 5. The Balaban J connectivity index is 1.75. The molecule has 2 heterocycles. The van der Waals surface area contributed by atoms with Gasteiger partial charge < -0.3 is 15.2 Å². The van der Waals surface area contributed by atoms with E-state index in [1.54, 1.807) is 5.48 Å². The number of fused-ring (bicyclic) bond motifs is 1. The van der Waals surface area contributed by atoms with Crippen LogP contribution in [-0.2, 0) is 19.8 Å². The van der Waals surface area contributed by atoms with Crippen LogP contribution >= 0.6 is 0 Å². The molecular formula is C21H29N5O4. The average Bonchev–Trinajstić information content (AvgIpc) is 3.26. The SMILES string of the molecule is CC(=O)NCCCC[C@H](C(=O)NO)N1CCC(C)(c2nc3ccc(C)cc3[nH]2)C1=O. The number of hydrogen-bond donors (Lipinski definition) is 4. The second kappa shape index (κ2) is 8.83. The van der Waals surface area contributed by atoms with Gasteiger partial charge in [0.05, 0.1) is 11.0 Å². The van der Waals surface area contributed by atoms with E-state index in [1.807, 2.05) is 32.0 Å². The van der Waals surface area contributed by atoms with Crippen LogP contribution in [0.15, 0.2) is 18.2 Å². The summed E-state index contributed by atoms with van der Waals surface area (Å²) in [4.78, 5) is 46.1. The van der Waals surface area contributed by atoms with Crippen LogP contribution in [0.3, 0.4) is 0 Å². The summed E-state index contributed by atoms with van der Waals surface area (Å²) in [6.45, 7) is 6.19. The van der Waals surface area contributed by atoms with E-state index in [1.165, 1.54) is 11.8 Å². The molecule has 162 valence electrons. The zero-order valence-corrected chi connectivity index (χ0v) is 17.6. The molecule has 9 nitrogen and oxygen atoms in total. The lowest BCUT2D eigenvalue weighted by molar-refractivity contribution is -0.144. The van der Waals surface area contributed by atoms with Crippen LogP contribution in [0, 0.1) is 6.92 Å². The molecule has 1 aliphatic rings. The molecule has 2 aromatic rings. The highest BCUT2D eigenvalue weighted by atomic mass is 16.5. The topological polar surface area (TPSA) is 127 Å². The van der Waals surface area contributed by atoms with E-state index in [2.05, 4.69) is 15.3 Å². The molecule has 0 bridgehead atoms. The Morgan fingerprint density at radius 3 is 2.83 bits per heavy atom. The molecule has 4 N–H and O–H groups in total. The van der Waals surface area contributed by atoms with E-state index < -0.39 is 17.4 Å². The summed E-state index contributed by atoms with van der Waals surface area (Å²) in [5.41, 5.74) is 3.60. The highest BCUT2D eigenvalue weighted by Crippen LogP contribution is 2.36. The molecular weight excluding hydrogens is 386 g/mol. The standard InChI is InChI=1S/C21H29N5O4/c1-13-7-8-15-16(12-13)24-19(23-15)21(3)9-11-26(20(21)29)17(18(28)25-30)6-4-5-10-22-14(2)27/h7-8,12,17,30H,4-6,9-11H2,1-3H3,(H,22,27)(H,23,24)(H,25,28)/t17-,21?/m1/s1. The number of nitrogens with zero attached hydrogens (tertiary/aromatic N) is 2. The Morgan fingerprint density at radius 1 is 1.37 bits per heavy atom. The number of carbonyl (C=O) groups is 3. The van der Waals surface area contributed by atoms with Gasteiger partial charge in [0.25, 0.3) is 5.91 Å². The average molecular weight is 415 g/mol. The van der Waals surface area contributed by atoms with Crippen molar-refractivity contribution in [3.8, 4) is 0 Å². The molecule has 30 heavy (non-hydrogen) atoms. The molecule has 1 unspecified atom stereocenters. The minimum atomic E-state index is -0.864. The number of aromatic amines is 1. The smallest absolute Gasteiger partial charge is 0.266 e. The van der Waals surface area contributed by atoms with Crippen LogP contribution in [0.5, 0.6) is 0 Å². The number of benzene rings is 1. The Hall–Kier alpha value is -2.94. The lowest BCUT2D eigenvalue weighted by Gasteiger charge is -2.28. The predicted molar refractivity (Wildman–Crippen MR) is 111 cm³/mol. The normalized spacial score (nSPS) is 19.9. The molecule has 9 heteroatoms. The molecule has 1 aliphatic heterocycles. The van der Waals surface area contributed by atoms with Gasteiger partial charge in [0.15, 0.2) is 0 Å². The zero-order chi connectivity index (χ0) is 21.9. The third kappa shape index (κ3) is 4.30. The number of carbonyl (C=O) groups excluding carboxylic acids is 3. The first kappa shape index (κ1) is 21.8. The van der Waals surface area contributed by atoms with Gasteiger partial charge in [-0.3, -0.25) is 19.6 Å². The molecule has 1 fully saturated rings. The monoisotopic (exact) mass is 415 g/mol. The highest BCUT2D eigenvalue weighted by Gasteiger charge is 2.49. The molecule has 0 aliphatic carbocycles. The number of hydroxylamine groups is 1. The van der Waals surface area contributed by atoms with Crippen LogP contribution in [0.4, 0.5) is 0 Å². The Morgan fingerprint density at radius 2 is 2.13 bits per heavy atom. The Labute approximate surface area is 175 Å². The number of aryl methyl sites for hydroxylation is 1. The molecule has 3 rings (SSSR count). The Bertz CT molecular complexity index is 956. The van der Waals surface area contributed by atoms with Crippen molar-refractivity contribution >= 4 is 28.8 Å². The van der Waals surface area contributed by atoms with Gasteiger partial charge in [-0.25, -0.2) is 10.5 Å². The first-order chi connectivity index (χ1) is 14.3. The lowest BCUT2D eigenvalue weighted by Crippen LogP contribution is -2.49. The zero-order valence-electron chi connectivity index (χ0n) is 17.6. The van der Waals surface area contributed by atoms with Gasteiger partial charge >= 0.3 is 0 Å². The van der Waals surface area contributed by atoms with Crippen LogP contribution in [0.1, 0.15) is 50.9 Å². The van der Waals surface area contributed by atoms with Crippen molar-refractivity contribution in [3.05, 3.63) is 29.6 Å². The molecule has 0 saturated carbocycles. The maximum absolute atomic E-state index is 13.4. The van der Waals surface area contributed by atoms with Crippen molar-refractivity contribution in [3.63, 3.8) is 0 Å². The van der Waals surface area contributed by atoms with E-state index in [4.69, 9.17) is 0 Å². The third-order valence-electron chi connectivity index (χ3n) is 5.81. The van der Waals surface area contributed by atoms with E-state index in [9.17, 15) is 19.6 Å². The second-order valence-corrected chi connectivity index (χ2v) is 8.16. The van der Waals surface area contributed by atoms with Crippen molar-refractivity contribution < 1.29 is 19.6 Å². The second-order valence-electron chi connectivity index (χ2n) is 8.16. The quantitative estimate of drug-likeness (QED) is 0.295. The van der Waals surface area contributed by atoms with Gasteiger partial charge in [-0.05, 0) is 57.2 Å². The molecule has 1 aromatic heterocycles. The van der Waals surface area contributed by atoms with Crippen LogP contribution in [0.2, 0.25) is 0 Å². The van der Waals surface area contributed by atoms with Crippen molar-refractivity contribution in [1.82, 2.24) is 25.7 Å². The summed E-state index contributed by atoms with van der Waals surface area (Å²) in [5, 5.41) is 11.9. The van der Waals surface area contributed by atoms with Crippen molar-refractivity contribution in [2.24, 2.45) is 0 Å². The molecule has 1 aromatic carbocycles. The molecule has 0 spiro atoms. The molecule has 3 amide bonds.